The predicted octanol–water partition coefficient (Wildman–Crippen LogP) is 0.470. The molecule has 1 fully saturated rings. The molecule has 0 aliphatic carbocycles. The van der Waals surface area contributed by atoms with Gasteiger partial charge in [-0.3, -0.25) is 4.79 Å². The van der Waals surface area contributed by atoms with Gasteiger partial charge in [0.15, 0.2) is 0 Å². The van der Waals surface area contributed by atoms with E-state index in [2.05, 4.69) is 15.3 Å². The zero-order chi connectivity index (χ0) is 15.4. The number of nitrogens with zero attached hydrogens (tertiary/aromatic N) is 3. The van der Waals surface area contributed by atoms with Gasteiger partial charge >= 0.3 is 0 Å². The fourth-order valence-electron chi connectivity index (χ4n) is 2.42. The Balaban J connectivity index is 2.44. The lowest BCUT2D eigenvalue weighted by atomic mass is 10.1. The van der Waals surface area contributed by atoms with Crippen molar-refractivity contribution in [3.63, 3.8) is 0 Å². The first-order valence-corrected chi connectivity index (χ1v) is 7.33. The Morgan fingerprint density at radius 2 is 2.24 bits per heavy atom. The van der Waals surface area contributed by atoms with Crippen LogP contribution in [0.1, 0.15) is 25.2 Å². The number of nitrogens with two attached hydrogens (primary N) is 1. The maximum Gasteiger partial charge on any atom is 0.242 e. The fraction of sp³-hybridized carbons (Fsp3) is 0.643. The second-order valence-electron chi connectivity index (χ2n) is 5.01. The Morgan fingerprint density at radius 1 is 1.48 bits per heavy atom. The first kappa shape index (κ1) is 15.5. The largest absolute Gasteiger partial charge is 0.377 e. The van der Waals surface area contributed by atoms with Gasteiger partial charge in [-0.1, -0.05) is 6.92 Å². The van der Waals surface area contributed by atoms with Crippen molar-refractivity contribution in [3.8, 4) is 0 Å². The van der Waals surface area contributed by atoms with Gasteiger partial charge in [0.25, 0.3) is 0 Å². The highest BCUT2D eigenvalue weighted by atomic mass is 16.5. The number of carbonyl (C=O) groups excluding carboxylic acids is 1. The molecule has 0 aromatic carbocycles. The molecule has 3 N–H and O–H groups in total. The van der Waals surface area contributed by atoms with Gasteiger partial charge in [0.1, 0.15) is 23.5 Å². The molecule has 1 unspecified atom stereocenters. The number of nitrogens with one attached hydrogen (secondary N) is 1. The quantitative estimate of drug-likeness (QED) is 0.819. The van der Waals surface area contributed by atoms with Gasteiger partial charge < -0.3 is 20.7 Å². The van der Waals surface area contributed by atoms with Crippen LogP contribution in [-0.2, 0) is 16.0 Å². The van der Waals surface area contributed by atoms with E-state index in [1.165, 1.54) is 0 Å². The molecule has 0 radical (unpaired) electrons. The van der Waals surface area contributed by atoms with E-state index < -0.39 is 11.9 Å². The molecule has 21 heavy (non-hydrogen) atoms. The molecule has 2 heterocycles. The number of aryl methyl sites for hydroxylation is 1. The molecule has 0 saturated carbocycles. The van der Waals surface area contributed by atoms with Crippen molar-refractivity contribution in [2.45, 2.75) is 33.2 Å². The molecule has 1 aromatic heterocycles. The van der Waals surface area contributed by atoms with E-state index in [9.17, 15) is 4.79 Å². The van der Waals surface area contributed by atoms with Crippen LogP contribution < -0.4 is 16.0 Å². The summed E-state index contributed by atoms with van der Waals surface area (Å²) in [7, 11) is 0. The number of rotatable bonds is 5. The molecule has 2 rings (SSSR count). The number of morpholine rings is 1. The monoisotopic (exact) mass is 293 g/mol. The highest BCUT2D eigenvalue weighted by Crippen LogP contribution is 2.26. The van der Waals surface area contributed by atoms with Crippen LogP contribution in [0.5, 0.6) is 0 Å². The van der Waals surface area contributed by atoms with Crippen LogP contribution in [0.3, 0.4) is 0 Å². The smallest absolute Gasteiger partial charge is 0.242 e. The van der Waals surface area contributed by atoms with E-state index >= 15 is 0 Å². The molecule has 1 aromatic rings. The third-order valence-electron chi connectivity index (χ3n) is 3.56. The summed E-state index contributed by atoms with van der Waals surface area (Å²) >= 11 is 0. The second kappa shape index (κ2) is 6.71. The zero-order valence-electron chi connectivity index (χ0n) is 12.8. The number of ether oxygens (including phenoxy) is 1. The number of hydrogen-bond acceptors (Lipinski definition) is 6. The Morgan fingerprint density at radius 3 is 2.86 bits per heavy atom. The van der Waals surface area contributed by atoms with Gasteiger partial charge in [-0.25, -0.2) is 9.97 Å². The molecule has 7 nitrogen and oxygen atoms in total. The van der Waals surface area contributed by atoms with Crippen LogP contribution in [-0.4, -0.2) is 48.2 Å². The number of aromatic nitrogens is 2. The number of hydrogen-bond donors (Lipinski definition) is 2. The van der Waals surface area contributed by atoms with Gasteiger partial charge in [0.05, 0.1) is 13.2 Å². The van der Waals surface area contributed by atoms with Crippen LogP contribution in [0.2, 0.25) is 0 Å². The summed E-state index contributed by atoms with van der Waals surface area (Å²) in [5.41, 5.74) is 6.43. The average molecular weight is 293 g/mol. The number of carbonyl (C=O) groups is 1. The van der Waals surface area contributed by atoms with Gasteiger partial charge in [0, 0.05) is 25.1 Å². The van der Waals surface area contributed by atoms with Gasteiger partial charge in [0.2, 0.25) is 5.91 Å². The van der Waals surface area contributed by atoms with E-state index in [-0.39, 0.29) is 0 Å². The molecule has 1 atom stereocenters. The Labute approximate surface area is 124 Å². The molecule has 116 valence electrons. The van der Waals surface area contributed by atoms with Gasteiger partial charge in [-0.15, -0.1) is 0 Å². The van der Waals surface area contributed by atoms with Crippen LogP contribution in [0, 0.1) is 6.92 Å². The van der Waals surface area contributed by atoms with Crippen LogP contribution in [0.4, 0.5) is 11.6 Å². The Kier molecular flexibility index (Phi) is 4.95. The molecule has 0 bridgehead atoms. The van der Waals surface area contributed by atoms with E-state index in [1.807, 2.05) is 25.7 Å². The van der Waals surface area contributed by atoms with Crippen molar-refractivity contribution in [1.82, 2.24) is 9.97 Å². The summed E-state index contributed by atoms with van der Waals surface area (Å²) in [6, 6.07) is -0.480. The third-order valence-corrected chi connectivity index (χ3v) is 3.56. The maximum absolute atomic E-state index is 11.7. The number of primary amides is 1. The van der Waals surface area contributed by atoms with Crippen LogP contribution in [0.15, 0.2) is 0 Å². The Bertz CT molecular complexity index is 520. The molecule has 7 heteroatoms. The normalized spacial score (nSPS) is 18.6. The van der Waals surface area contributed by atoms with Crippen LogP contribution >= 0.6 is 0 Å². The van der Waals surface area contributed by atoms with Crippen molar-refractivity contribution in [2.75, 3.05) is 36.5 Å². The fourth-order valence-corrected chi connectivity index (χ4v) is 2.42. The van der Waals surface area contributed by atoms with E-state index in [1.54, 1.807) is 0 Å². The van der Waals surface area contributed by atoms with E-state index in [0.29, 0.717) is 19.8 Å². The molecule has 0 spiro atoms. The third kappa shape index (κ3) is 3.24. The number of amides is 1. The van der Waals surface area contributed by atoms with Crippen molar-refractivity contribution in [3.05, 3.63) is 11.4 Å². The van der Waals surface area contributed by atoms with Gasteiger partial charge in [-0.2, -0.15) is 0 Å². The highest BCUT2D eigenvalue weighted by Gasteiger charge is 2.30. The topological polar surface area (TPSA) is 93.4 Å². The maximum atomic E-state index is 11.7. The minimum absolute atomic E-state index is 0.302. The molecule has 1 saturated heterocycles. The molecule has 1 aliphatic rings. The van der Waals surface area contributed by atoms with E-state index in [4.69, 9.17) is 10.5 Å². The highest BCUT2D eigenvalue weighted by molar-refractivity contribution is 5.84. The summed E-state index contributed by atoms with van der Waals surface area (Å²) in [6.07, 6.45) is 0.733. The predicted molar refractivity (Wildman–Crippen MR) is 81.5 cm³/mol. The lowest BCUT2D eigenvalue weighted by Gasteiger charge is -2.35. The van der Waals surface area contributed by atoms with Crippen LogP contribution in [0.25, 0.3) is 0 Å². The van der Waals surface area contributed by atoms with Crippen molar-refractivity contribution >= 4 is 17.5 Å². The molecular weight excluding hydrogens is 270 g/mol. The number of anilines is 2. The minimum atomic E-state index is -0.480. The first-order chi connectivity index (χ1) is 10.1. The minimum Gasteiger partial charge on any atom is -0.377 e. The summed E-state index contributed by atoms with van der Waals surface area (Å²) < 4.78 is 5.37. The molecule has 1 aliphatic heterocycles. The summed E-state index contributed by atoms with van der Waals surface area (Å²) in [5.74, 6) is 1.94. The van der Waals surface area contributed by atoms with Crippen molar-refractivity contribution in [1.29, 1.82) is 0 Å². The lowest BCUT2D eigenvalue weighted by Crippen LogP contribution is -2.53. The molecular formula is C14H23N5O2. The zero-order valence-corrected chi connectivity index (χ0v) is 12.8. The standard InChI is InChI=1S/C14H23N5O2/c1-4-11-17-13(16-5-2)9(3)14(18-11)19-6-7-21-8-10(19)12(15)20/h10H,4-8H2,1-3H3,(H2,15,20)(H,16,17,18). The first-order valence-electron chi connectivity index (χ1n) is 7.33. The van der Waals surface area contributed by atoms with Crippen molar-refractivity contribution < 1.29 is 9.53 Å². The summed E-state index contributed by atoms with van der Waals surface area (Å²) in [4.78, 5) is 22.7. The van der Waals surface area contributed by atoms with Crippen molar-refractivity contribution in [2.24, 2.45) is 5.73 Å². The SMILES string of the molecule is CCNc1nc(CC)nc(N2CCOCC2C(N)=O)c1C. The average Bonchev–Trinajstić information content (AvgIpc) is 2.49. The second-order valence-corrected chi connectivity index (χ2v) is 5.01. The summed E-state index contributed by atoms with van der Waals surface area (Å²) in [6.45, 7) is 8.23. The summed E-state index contributed by atoms with van der Waals surface area (Å²) in [5, 5.41) is 3.25. The van der Waals surface area contributed by atoms with Gasteiger partial charge in [-0.05, 0) is 13.8 Å². The molecule has 1 amide bonds. The van der Waals surface area contributed by atoms with E-state index in [0.717, 1.165) is 36.0 Å². The lowest BCUT2D eigenvalue weighted by molar-refractivity contribution is -0.121. The Hall–Kier alpha value is -1.89.